The zero-order valence-electron chi connectivity index (χ0n) is 12.8. The monoisotopic (exact) mass is 278 g/mol. The predicted octanol–water partition coefficient (Wildman–Crippen LogP) is 2.05. The van der Waals surface area contributed by atoms with Crippen LogP contribution in [-0.2, 0) is 0 Å². The number of β-amino-alcohol motifs (C(OH)–C–C–N with tert-alkyl or cyclic N) is 1. The fraction of sp³-hybridized carbons (Fsp3) is 0.688. The van der Waals surface area contributed by atoms with Gasteiger partial charge in [0, 0.05) is 35.6 Å². The van der Waals surface area contributed by atoms with E-state index in [2.05, 4.69) is 28.9 Å². The molecule has 1 aliphatic heterocycles. The first-order valence-electron chi connectivity index (χ1n) is 7.50. The highest BCUT2D eigenvalue weighted by molar-refractivity contribution is 5.49. The molecule has 1 fully saturated rings. The van der Waals surface area contributed by atoms with E-state index >= 15 is 0 Å². The van der Waals surface area contributed by atoms with Crippen LogP contribution in [0.4, 0.5) is 5.69 Å². The fourth-order valence-electron chi connectivity index (χ4n) is 3.30. The van der Waals surface area contributed by atoms with Crippen LogP contribution in [0.25, 0.3) is 0 Å². The molecular formula is C16H26N2O2. The van der Waals surface area contributed by atoms with Gasteiger partial charge in [-0.3, -0.25) is 4.98 Å². The summed E-state index contributed by atoms with van der Waals surface area (Å²) in [6.07, 6.45) is 2.23. The third-order valence-electron chi connectivity index (χ3n) is 4.47. The molecule has 4 nitrogen and oxygen atoms in total. The number of aliphatic hydroxyl groups is 2. The molecule has 0 aromatic carbocycles. The molecule has 4 heteroatoms. The molecule has 0 unspecified atom stereocenters. The Labute approximate surface area is 121 Å². The van der Waals surface area contributed by atoms with Gasteiger partial charge in [0.05, 0.1) is 12.7 Å². The van der Waals surface area contributed by atoms with E-state index in [-0.39, 0.29) is 12.0 Å². The maximum absolute atomic E-state index is 10.5. The fourth-order valence-corrected chi connectivity index (χ4v) is 3.30. The van der Waals surface area contributed by atoms with E-state index in [9.17, 15) is 10.2 Å². The molecule has 1 saturated heterocycles. The Morgan fingerprint density at radius 2 is 2.00 bits per heavy atom. The minimum atomic E-state index is -0.477. The van der Waals surface area contributed by atoms with E-state index in [1.54, 1.807) is 0 Å². The number of hydrogen-bond donors (Lipinski definition) is 2. The average Bonchev–Trinajstić information content (AvgIpc) is 2.40. The first-order valence-corrected chi connectivity index (χ1v) is 7.50. The van der Waals surface area contributed by atoms with Gasteiger partial charge in [-0.25, -0.2) is 0 Å². The van der Waals surface area contributed by atoms with Gasteiger partial charge >= 0.3 is 0 Å². The lowest BCUT2D eigenvalue weighted by Gasteiger charge is -2.45. The molecule has 2 heterocycles. The molecule has 112 valence electrons. The number of anilines is 1. The lowest BCUT2D eigenvalue weighted by Crippen LogP contribution is -2.52. The molecule has 0 aliphatic carbocycles. The molecule has 1 aliphatic rings. The lowest BCUT2D eigenvalue weighted by atomic mass is 9.73. The summed E-state index contributed by atoms with van der Waals surface area (Å²) in [7, 11) is 0. The van der Waals surface area contributed by atoms with Gasteiger partial charge in [0.25, 0.3) is 0 Å². The smallest absolute Gasteiger partial charge is 0.0793 e. The Morgan fingerprint density at radius 3 is 2.50 bits per heavy atom. The zero-order chi connectivity index (χ0) is 14.8. The number of aryl methyl sites for hydroxylation is 2. The molecule has 2 atom stereocenters. The summed E-state index contributed by atoms with van der Waals surface area (Å²) in [5.74, 6) is 0. The minimum absolute atomic E-state index is 0.0737. The summed E-state index contributed by atoms with van der Waals surface area (Å²) in [6, 6.07) is 4.12. The highest BCUT2D eigenvalue weighted by Gasteiger charge is 2.41. The number of piperidine rings is 1. The summed E-state index contributed by atoms with van der Waals surface area (Å²) in [5.41, 5.74) is 2.81. The summed E-state index contributed by atoms with van der Waals surface area (Å²) in [6.45, 7) is 7.62. The van der Waals surface area contributed by atoms with Crippen LogP contribution in [0, 0.1) is 19.3 Å². The van der Waals surface area contributed by atoms with Gasteiger partial charge in [-0.05, 0) is 38.8 Å². The molecule has 0 bridgehead atoms. The van der Waals surface area contributed by atoms with Gasteiger partial charge in [0.15, 0.2) is 0 Å². The summed E-state index contributed by atoms with van der Waals surface area (Å²) < 4.78 is 0. The molecule has 2 rings (SSSR count). The van der Waals surface area contributed by atoms with Crippen molar-refractivity contribution < 1.29 is 10.2 Å². The molecular weight excluding hydrogens is 252 g/mol. The maximum Gasteiger partial charge on any atom is 0.0793 e. The number of pyridine rings is 1. The van der Waals surface area contributed by atoms with Crippen LogP contribution in [-0.4, -0.2) is 41.0 Å². The highest BCUT2D eigenvalue weighted by Crippen LogP contribution is 2.37. The maximum atomic E-state index is 10.5. The Balaban J connectivity index is 2.15. The number of nitrogens with zero attached hydrogens (tertiary/aromatic N) is 2. The van der Waals surface area contributed by atoms with Gasteiger partial charge in [0.2, 0.25) is 0 Å². The number of aliphatic hydroxyl groups excluding tert-OH is 2. The van der Waals surface area contributed by atoms with Crippen LogP contribution in [0.15, 0.2) is 12.1 Å². The molecule has 0 radical (unpaired) electrons. The van der Waals surface area contributed by atoms with E-state index in [1.807, 2.05) is 13.8 Å². The van der Waals surface area contributed by atoms with E-state index in [4.69, 9.17) is 0 Å². The van der Waals surface area contributed by atoms with Crippen LogP contribution in [0.2, 0.25) is 0 Å². The van der Waals surface area contributed by atoms with Crippen molar-refractivity contribution in [3.63, 3.8) is 0 Å². The third kappa shape index (κ3) is 2.96. The van der Waals surface area contributed by atoms with Crippen molar-refractivity contribution in [1.29, 1.82) is 0 Å². The van der Waals surface area contributed by atoms with Gasteiger partial charge in [-0.1, -0.05) is 13.3 Å². The van der Waals surface area contributed by atoms with E-state index < -0.39 is 6.10 Å². The Hall–Kier alpha value is -1.13. The molecule has 20 heavy (non-hydrogen) atoms. The SMILES string of the molecule is CCC[C@]1(CO)CCN(c2cc(C)nc(C)c2)C[C@H]1O. The van der Waals surface area contributed by atoms with Gasteiger partial charge in [-0.2, -0.15) is 0 Å². The quantitative estimate of drug-likeness (QED) is 0.885. The van der Waals surface area contributed by atoms with Crippen molar-refractivity contribution in [2.75, 3.05) is 24.6 Å². The zero-order valence-corrected chi connectivity index (χ0v) is 12.8. The van der Waals surface area contributed by atoms with Crippen LogP contribution < -0.4 is 4.90 Å². The first kappa shape index (κ1) is 15.3. The van der Waals surface area contributed by atoms with Crippen LogP contribution >= 0.6 is 0 Å². The molecule has 1 aromatic rings. The summed E-state index contributed by atoms with van der Waals surface area (Å²) in [4.78, 5) is 6.60. The van der Waals surface area contributed by atoms with E-state index in [1.165, 1.54) is 0 Å². The van der Waals surface area contributed by atoms with Crippen LogP contribution in [0.5, 0.6) is 0 Å². The van der Waals surface area contributed by atoms with Crippen molar-refractivity contribution in [3.8, 4) is 0 Å². The minimum Gasteiger partial charge on any atom is -0.396 e. The van der Waals surface area contributed by atoms with Crippen molar-refractivity contribution in [2.24, 2.45) is 5.41 Å². The third-order valence-corrected chi connectivity index (χ3v) is 4.47. The van der Waals surface area contributed by atoms with Crippen molar-refractivity contribution >= 4 is 5.69 Å². The lowest BCUT2D eigenvalue weighted by molar-refractivity contribution is -0.0370. The van der Waals surface area contributed by atoms with Crippen molar-refractivity contribution in [2.45, 2.75) is 46.1 Å². The second kappa shape index (κ2) is 6.10. The normalized spacial score (nSPS) is 26.9. The molecule has 0 spiro atoms. The second-order valence-electron chi connectivity index (χ2n) is 6.09. The van der Waals surface area contributed by atoms with Gasteiger partial charge in [-0.15, -0.1) is 0 Å². The predicted molar refractivity (Wildman–Crippen MR) is 81.0 cm³/mol. The van der Waals surface area contributed by atoms with E-state index in [0.29, 0.717) is 6.54 Å². The van der Waals surface area contributed by atoms with Crippen LogP contribution in [0.1, 0.15) is 37.6 Å². The number of aromatic nitrogens is 1. The van der Waals surface area contributed by atoms with E-state index in [0.717, 1.165) is 42.9 Å². The van der Waals surface area contributed by atoms with Gasteiger partial charge in [0.1, 0.15) is 0 Å². The highest BCUT2D eigenvalue weighted by atomic mass is 16.3. The summed E-state index contributed by atoms with van der Waals surface area (Å²) in [5, 5.41) is 20.2. The van der Waals surface area contributed by atoms with Crippen molar-refractivity contribution in [3.05, 3.63) is 23.5 Å². The van der Waals surface area contributed by atoms with Crippen molar-refractivity contribution in [1.82, 2.24) is 4.98 Å². The topological polar surface area (TPSA) is 56.6 Å². The second-order valence-corrected chi connectivity index (χ2v) is 6.09. The van der Waals surface area contributed by atoms with Crippen LogP contribution in [0.3, 0.4) is 0 Å². The number of rotatable bonds is 4. The number of hydrogen-bond acceptors (Lipinski definition) is 4. The standard InChI is InChI=1S/C16H26N2O2/c1-4-5-16(11-19)6-7-18(10-15(16)20)14-8-12(2)17-13(3)9-14/h8-9,15,19-20H,4-7,10-11H2,1-3H3/t15-,16-/m1/s1. The Bertz CT molecular complexity index is 444. The molecule has 2 N–H and O–H groups in total. The molecule has 0 saturated carbocycles. The molecule has 1 aromatic heterocycles. The summed E-state index contributed by atoms with van der Waals surface area (Å²) >= 11 is 0. The first-order chi connectivity index (χ1) is 9.50. The van der Waals surface area contributed by atoms with Gasteiger partial charge < -0.3 is 15.1 Å². The molecule has 0 amide bonds. The average molecular weight is 278 g/mol. The Morgan fingerprint density at radius 1 is 1.35 bits per heavy atom. The largest absolute Gasteiger partial charge is 0.396 e. The Kier molecular flexibility index (Phi) is 4.66.